The van der Waals surface area contributed by atoms with E-state index in [4.69, 9.17) is 5.73 Å². The molecule has 0 radical (unpaired) electrons. The van der Waals surface area contributed by atoms with E-state index in [-0.39, 0.29) is 24.1 Å². The Morgan fingerprint density at radius 3 is 2.89 bits per heavy atom. The number of thiophene rings is 1. The van der Waals surface area contributed by atoms with E-state index in [1.807, 2.05) is 19.1 Å². The zero-order valence-electron chi connectivity index (χ0n) is 14.9. The molecule has 4 rings (SSSR count). The number of amides is 1. The molecule has 0 unspecified atom stereocenters. The summed E-state index contributed by atoms with van der Waals surface area (Å²) in [5.74, 6) is 0.171. The molecule has 3 aromatic rings. The van der Waals surface area contributed by atoms with E-state index < -0.39 is 5.54 Å². The molecule has 1 amide bonds. The van der Waals surface area contributed by atoms with Gasteiger partial charge in [0, 0.05) is 28.6 Å². The van der Waals surface area contributed by atoms with Crippen LogP contribution in [-0.4, -0.2) is 21.8 Å². The zero-order valence-corrected chi connectivity index (χ0v) is 17.4. The number of nitrogens with two attached hydrogens (primary N) is 1. The van der Waals surface area contributed by atoms with Crippen molar-refractivity contribution in [2.45, 2.75) is 18.9 Å². The Bertz CT molecular complexity index is 1040. The number of carbonyl (C=O) groups is 1. The molecular formula is C19H18ClFN4OS2. The summed E-state index contributed by atoms with van der Waals surface area (Å²) >= 11 is 2.79. The number of anilines is 1. The maximum Gasteiger partial charge on any atom is 0.265 e. The van der Waals surface area contributed by atoms with Gasteiger partial charge in [0.25, 0.3) is 5.91 Å². The molecule has 2 aromatic heterocycles. The number of benzene rings is 1. The van der Waals surface area contributed by atoms with Crippen LogP contribution in [0.2, 0.25) is 0 Å². The van der Waals surface area contributed by atoms with E-state index in [0.717, 1.165) is 16.0 Å². The topological polar surface area (TPSA) is 80.4 Å². The molecule has 0 bridgehead atoms. The number of nitrogens with zero attached hydrogens (tertiary/aromatic N) is 2. The second-order valence-corrected chi connectivity index (χ2v) is 8.63. The van der Waals surface area contributed by atoms with Gasteiger partial charge in [-0.1, -0.05) is 17.8 Å². The highest BCUT2D eigenvalue weighted by atomic mass is 35.5. The second-order valence-electron chi connectivity index (χ2n) is 6.48. The highest BCUT2D eigenvalue weighted by molar-refractivity contribution is 8.13. The van der Waals surface area contributed by atoms with E-state index in [9.17, 15) is 9.18 Å². The number of thioether (sulfide) groups is 1. The Hall–Kier alpha value is -2.16. The summed E-state index contributed by atoms with van der Waals surface area (Å²) < 4.78 is 14.5. The van der Waals surface area contributed by atoms with Crippen LogP contribution in [0.3, 0.4) is 0 Å². The molecule has 9 heteroatoms. The highest BCUT2D eigenvalue weighted by Crippen LogP contribution is 2.37. The number of rotatable bonds is 3. The molecule has 0 aliphatic carbocycles. The third-order valence-corrected chi connectivity index (χ3v) is 6.37. The van der Waals surface area contributed by atoms with Crippen molar-refractivity contribution in [3.05, 3.63) is 58.9 Å². The van der Waals surface area contributed by atoms with Crippen molar-refractivity contribution in [1.82, 2.24) is 4.98 Å². The van der Waals surface area contributed by atoms with Crippen molar-refractivity contribution in [3.8, 4) is 0 Å². The van der Waals surface area contributed by atoms with Gasteiger partial charge >= 0.3 is 0 Å². The first-order valence-electron chi connectivity index (χ1n) is 8.39. The van der Waals surface area contributed by atoms with Crippen molar-refractivity contribution >= 4 is 62.5 Å². The number of hydrogen-bond donors (Lipinski definition) is 2. The van der Waals surface area contributed by atoms with Crippen molar-refractivity contribution in [2.75, 3.05) is 11.1 Å². The van der Waals surface area contributed by atoms with Crippen LogP contribution in [0.15, 0.2) is 47.6 Å². The standard InChI is InChI=1S/C19H17FN4OS2.ClH/c1-19(6-8-26-18(21)24-19)13-10-12(4-5-14(13)20)23-16(25)15-9-11-3-2-7-22-17(11)27-15;/h2-5,7,9-10H,6,8H2,1H3,(H2,21,24)(H,23,25);1H/t19-;/m0./s1. The minimum absolute atomic E-state index is 0. The minimum Gasteiger partial charge on any atom is -0.379 e. The van der Waals surface area contributed by atoms with E-state index in [2.05, 4.69) is 15.3 Å². The molecular weight excluding hydrogens is 419 g/mol. The average Bonchev–Trinajstić information content (AvgIpc) is 3.07. The third kappa shape index (κ3) is 3.99. The van der Waals surface area contributed by atoms with Gasteiger partial charge in [0.2, 0.25) is 0 Å². The van der Waals surface area contributed by atoms with Gasteiger partial charge in [-0.25, -0.2) is 9.37 Å². The van der Waals surface area contributed by atoms with Gasteiger partial charge in [0.05, 0.1) is 10.4 Å². The van der Waals surface area contributed by atoms with Crippen LogP contribution < -0.4 is 11.1 Å². The summed E-state index contributed by atoms with van der Waals surface area (Å²) in [6.45, 7) is 1.86. The normalized spacial score (nSPS) is 19.0. The Labute approximate surface area is 176 Å². The summed E-state index contributed by atoms with van der Waals surface area (Å²) in [4.78, 5) is 22.7. The minimum atomic E-state index is -0.734. The molecule has 1 aliphatic heterocycles. The first kappa shape index (κ1) is 20.6. The molecule has 1 aliphatic rings. The number of carbonyl (C=O) groups excluding carboxylic acids is 1. The van der Waals surface area contributed by atoms with E-state index in [1.54, 1.807) is 24.4 Å². The quantitative estimate of drug-likeness (QED) is 0.619. The fraction of sp³-hybridized carbons (Fsp3) is 0.211. The first-order chi connectivity index (χ1) is 12.9. The number of aromatic nitrogens is 1. The van der Waals surface area contributed by atoms with Crippen molar-refractivity contribution in [2.24, 2.45) is 10.7 Å². The summed E-state index contributed by atoms with van der Waals surface area (Å²) in [6, 6.07) is 10.1. The molecule has 0 saturated heterocycles. The van der Waals surface area contributed by atoms with E-state index in [0.29, 0.717) is 27.7 Å². The largest absolute Gasteiger partial charge is 0.379 e. The third-order valence-electron chi connectivity index (χ3n) is 4.52. The van der Waals surface area contributed by atoms with Crippen molar-refractivity contribution in [1.29, 1.82) is 0 Å². The molecule has 28 heavy (non-hydrogen) atoms. The van der Waals surface area contributed by atoms with Gasteiger partial charge in [0.1, 0.15) is 10.6 Å². The number of nitrogens with one attached hydrogen (secondary N) is 1. The molecule has 5 nitrogen and oxygen atoms in total. The van der Waals surface area contributed by atoms with Crippen molar-refractivity contribution < 1.29 is 9.18 Å². The Morgan fingerprint density at radius 2 is 2.14 bits per heavy atom. The van der Waals surface area contributed by atoms with Crippen LogP contribution in [0.4, 0.5) is 10.1 Å². The maximum atomic E-state index is 14.5. The Kier molecular flexibility index (Phi) is 5.92. The lowest BCUT2D eigenvalue weighted by atomic mass is 9.89. The summed E-state index contributed by atoms with van der Waals surface area (Å²) in [7, 11) is 0. The van der Waals surface area contributed by atoms with Crippen LogP contribution in [0.5, 0.6) is 0 Å². The molecule has 0 spiro atoms. The summed E-state index contributed by atoms with van der Waals surface area (Å²) in [6.07, 6.45) is 2.37. The number of pyridine rings is 1. The maximum absolute atomic E-state index is 14.5. The molecule has 0 saturated carbocycles. The first-order valence-corrected chi connectivity index (χ1v) is 10.2. The number of fused-ring (bicyclic) bond motifs is 1. The predicted molar refractivity (Wildman–Crippen MR) is 117 cm³/mol. The molecule has 3 N–H and O–H groups in total. The van der Waals surface area contributed by atoms with Gasteiger partial charge < -0.3 is 11.1 Å². The molecule has 0 fully saturated rings. The number of aliphatic imine (C=N–C) groups is 1. The fourth-order valence-corrected chi connectivity index (χ4v) is 4.95. The van der Waals surface area contributed by atoms with Crippen LogP contribution >= 0.6 is 35.5 Å². The van der Waals surface area contributed by atoms with Crippen molar-refractivity contribution in [3.63, 3.8) is 0 Å². The number of hydrogen-bond acceptors (Lipinski definition) is 6. The molecule has 3 heterocycles. The molecule has 1 aromatic carbocycles. The van der Waals surface area contributed by atoms with Gasteiger partial charge in [-0.2, -0.15) is 0 Å². The van der Waals surface area contributed by atoms with Crippen LogP contribution in [0, 0.1) is 5.82 Å². The van der Waals surface area contributed by atoms with Gasteiger partial charge in [-0.3, -0.25) is 9.79 Å². The van der Waals surface area contributed by atoms with Gasteiger partial charge in [-0.15, -0.1) is 23.7 Å². The summed E-state index contributed by atoms with van der Waals surface area (Å²) in [5, 5.41) is 4.22. The average molecular weight is 437 g/mol. The molecule has 1 atom stereocenters. The van der Waals surface area contributed by atoms with E-state index in [1.165, 1.54) is 29.2 Å². The summed E-state index contributed by atoms with van der Waals surface area (Å²) in [5.41, 5.74) is 6.07. The van der Waals surface area contributed by atoms with Gasteiger partial charge in [-0.05, 0) is 43.7 Å². The lowest BCUT2D eigenvalue weighted by Crippen LogP contribution is -2.29. The lowest BCUT2D eigenvalue weighted by molar-refractivity contribution is 0.103. The van der Waals surface area contributed by atoms with E-state index >= 15 is 0 Å². The Morgan fingerprint density at radius 1 is 1.32 bits per heavy atom. The highest BCUT2D eigenvalue weighted by Gasteiger charge is 2.32. The van der Waals surface area contributed by atoms with Crippen LogP contribution in [-0.2, 0) is 5.54 Å². The smallest absolute Gasteiger partial charge is 0.265 e. The second kappa shape index (κ2) is 8.06. The lowest BCUT2D eigenvalue weighted by Gasteiger charge is -2.30. The van der Waals surface area contributed by atoms with Gasteiger partial charge in [0.15, 0.2) is 5.17 Å². The zero-order chi connectivity index (χ0) is 19.0. The van der Waals surface area contributed by atoms with Crippen LogP contribution in [0.25, 0.3) is 10.2 Å². The monoisotopic (exact) mass is 436 g/mol. The fourth-order valence-electron chi connectivity index (χ4n) is 3.07. The van der Waals surface area contributed by atoms with Crippen LogP contribution in [0.1, 0.15) is 28.6 Å². The predicted octanol–water partition coefficient (Wildman–Crippen LogP) is 4.78. The number of amidine groups is 1. The Balaban J connectivity index is 0.00000225. The SMILES string of the molecule is C[C@@]1(c2cc(NC(=O)c3cc4cccnc4s3)ccc2F)CCSC(N)=N1.Cl. The molecule has 146 valence electrons. The number of halogens is 2.